The zero-order valence-corrected chi connectivity index (χ0v) is 18.8. The second-order valence-electron chi connectivity index (χ2n) is 6.44. The van der Waals surface area contributed by atoms with E-state index in [4.69, 9.17) is 0 Å². The van der Waals surface area contributed by atoms with Crippen LogP contribution in [0.15, 0.2) is 52.1 Å². The van der Waals surface area contributed by atoms with Crippen molar-refractivity contribution in [3.8, 4) is 10.6 Å². The molecule has 1 atom stereocenters. The molecule has 2 heterocycles. The molecule has 5 nitrogen and oxygen atoms in total. The SMILES string of the molecule is CCCCC(=O)Nc1ccc(SC(C)C(=O)Nc2nc(-c3cccs3)cs2)cc1. The van der Waals surface area contributed by atoms with Crippen LogP contribution < -0.4 is 10.6 Å². The number of nitrogens with zero attached hydrogens (tertiary/aromatic N) is 1. The van der Waals surface area contributed by atoms with E-state index in [1.54, 1.807) is 11.3 Å². The molecule has 2 aromatic heterocycles. The summed E-state index contributed by atoms with van der Waals surface area (Å²) in [6, 6.07) is 11.6. The number of rotatable bonds is 9. The standard InChI is InChI=1S/C21H23N3O2S3/c1-3-4-7-19(25)22-15-8-10-16(11-9-15)29-14(2)20(26)24-21-23-17(13-28-21)18-6-5-12-27-18/h5-6,8-14H,3-4,7H2,1-2H3,(H,22,25)(H,23,24,26). The topological polar surface area (TPSA) is 71.1 Å². The van der Waals surface area contributed by atoms with Crippen LogP contribution in [0.5, 0.6) is 0 Å². The molecule has 0 bridgehead atoms. The van der Waals surface area contributed by atoms with E-state index in [0.717, 1.165) is 34.0 Å². The van der Waals surface area contributed by atoms with Crippen LogP contribution in [0.25, 0.3) is 10.6 Å². The summed E-state index contributed by atoms with van der Waals surface area (Å²) in [5, 5.41) is 10.1. The summed E-state index contributed by atoms with van der Waals surface area (Å²) in [5.74, 6) is -0.0515. The van der Waals surface area contributed by atoms with Crippen molar-refractivity contribution in [2.24, 2.45) is 0 Å². The van der Waals surface area contributed by atoms with Crippen LogP contribution in [0.2, 0.25) is 0 Å². The highest BCUT2D eigenvalue weighted by molar-refractivity contribution is 8.00. The van der Waals surface area contributed by atoms with Gasteiger partial charge >= 0.3 is 0 Å². The van der Waals surface area contributed by atoms with Crippen molar-refractivity contribution in [3.05, 3.63) is 47.2 Å². The minimum atomic E-state index is -0.269. The lowest BCUT2D eigenvalue weighted by Gasteiger charge is -2.11. The van der Waals surface area contributed by atoms with E-state index in [0.29, 0.717) is 11.6 Å². The first kappa shape index (κ1) is 21.5. The zero-order chi connectivity index (χ0) is 20.6. The summed E-state index contributed by atoms with van der Waals surface area (Å²) in [7, 11) is 0. The van der Waals surface area contributed by atoms with Crippen LogP contribution in [0.3, 0.4) is 0 Å². The molecule has 1 unspecified atom stereocenters. The molecule has 8 heteroatoms. The summed E-state index contributed by atoms with van der Waals surface area (Å²) in [4.78, 5) is 30.9. The maximum atomic E-state index is 12.5. The van der Waals surface area contributed by atoms with Gasteiger partial charge in [-0.1, -0.05) is 19.4 Å². The number of hydrogen-bond acceptors (Lipinski definition) is 6. The van der Waals surface area contributed by atoms with Gasteiger partial charge in [-0.25, -0.2) is 4.98 Å². The fourth-order valence-electron chi connectivity index (χ4n) is 2.51. The predicted molar refractivity (Wildman–Crippen MR) is 124 cm³/mol. The zero-order valence-electron chi connectivity index (χ0n) is 16.3. The van der Waals surface area contributed by atoms with Gasteiger partial charge in [0.25, 0.3) is 0 Å². The maximum absolute atomic E-state index is 12.5. The molecule has 0 saturated carbocycles. The van der Waals surface area contributed by atoms with Gasteiger partial charge in [-0.3, -0.25) is 9.59 Å². The van der Waals surface area contributed by atoms with Crippen molar-refractivity contribution in [1.29, 1.82) is 0 Å². The molecule has 3 aromatic rings. The number of amides is 2. The smallest absolute Gasteiger partial charge is 0.239 e. The first-order chi connectivity index (χ1) is 14.0. The van der Waals surface area contributed by atoms with Crippen LogP contribution in [0, 0.1) is 0 Å². The highest BCUT2D eigenvalue weighted by Gasteiger charge is 2.16. The fraction of sp³-hybridized carbons (Fsp3) is 0.286. The number of thiophene rings is 1. The van der Waals surface area contributed by atoms with Gasteiger partial charge in [0.15, 0.2) is 5.13 Å². The van der Waals surface area contributed by atoms with Crippen LogP contribution in [-0.4, -0.2) is 22.0 Å². The van der Waals surface area contributed by atoms with Gasteiger partial charge < -0.3 is 10.6 Å². The summed E-state index contributed by atoms with van der Waals surface area (Å²) >= 11 is 4.52. The van der Waals surface area contributed by atoms with E-state index in [-0.39, 0.29) is 17.1 Å². The van der Waals surface area contributed by atoms with E-state index in [1.807, 2.05) is 54.1 Å². The van der Waals surface area contributed by atoms with Crippen molar-refractivity contribution < 1.29 is 9.59 Å². The number of benzene rings is 1. The van der Waals surface area contributed by atoms with Gasteiger partial charge in [0, 0.05) is 22.4 Å². The Bertz CT molecular complexity index is 937. The van der Waals surface area contributed by atoms with Gasteiger partial charge in [-0.2, -0.15) is 0 Å². The molecule has 3 rings (SSSR count). The second-order valence-corrected chi connectivity index (χ2v) is 9.66. The van der Waals surface area contributed by atoms with Gasteiger partial charge in [-0.15, -0.1) is 34.4 Å². The monoisotopic (exact) mass is 445 g/mol. The molecule has 2 N–H and O–H groups in total. The van der Waals surface area contributed by atoms with E-state index < -0.39 is 0 Å². The Hall–Kier alpha value is -2.16. The van der Waals surface area contributed by atoms with Gasteiger partial charge in [-0.05, 0) is 49.1 Å². The predicted octanol–water partition coefficient (Wildman–Crippen LogP) is 6.12. The van der Waals surface area contributed by atoms with Gasteiger partial charge in [0.05, 0.1) is 15.8 Å². The Morgan fingerprint density at radius 3 is 2.62 bits per heavy atom. The minimum Gasteiger partial charge on any atom is -0.326 e. The third kappa shape index (κ3) is 6.42. The molecule has 0 aliphatic carbocycles. The molecule has 2 amide bonds. The quantitative estimate of drug-likeness (QED) is 0.389. The number of thioether (sulfide) groups is 1. The third-order valence-electron chi connectivity index (χ3n) is 4.09. The van der Waals surface area contributed by atoms with E-state index in [1.165, 1.54) is 23.1 Å². The average Bonchev–Trinajstić information content (AvgIpc) is 3.39. The Morgan fingerprint density at radius 1 is 1.14 bits per heavy atom. The molecular weight excluding hydrogens is 422 g/mol. The number of anilines is 2. The molecule has 0 radical (unpaired) electrons. The number of thiazole rings is 1. The van der Waals surface area contributed by atoms with E-state index >= 15 is 0 Å². The number of nitrogens with one attached hydrogen (secondary N) is 2. The Balaban J connectivity index is 1.51. The van der Waals surface area contributed by atoms with Crippen molar-refractivity contribution in [2.45, 2.75) is 43.3 Å². The lowest BCUT2D eigenvalue weighted by atomic mass is 10.2. The fourth-order valence-corrected chi connectivity index (χ4v) is 4.85. The van der Waals surface area contributed by atoms with Crippen molar-refractivity contribution >= 4 is 57.1 Å². The maximum Gasteiger partial charge on any atom is 0.239 e. The average molecular weight is 446 g/mol. The molecule has 0 aliphatic heterocycles. The van der Waals surface area contributed by atoms with E-state index in [2.05, 4.69) is 22.5 Å². The van der Waals surface area contributed by atoms with Crippen LogP contribution in [-0.2, 0) is 9.59 Å². The summed E-state index contributed by atoms with van der Waals surface area (Å²) in [5.41, 5.74) is 1.66. The van der Waals surface area contributed by atoms with Crippen molar-refractivity contribution in [2.75, 3.05) is 10.6 Å². The van der Waals surface area contributed by atoms with Crippen LogP contribution in [0.1, 0.15) is 33.1 Å². The summed E-state index contributed by atoms with van der Waals surface area (Å²) < 4.78 is 0. The second kappa shape index (κ2) is 10.6. The number of aromatic nitrogens is 1. The van der Waals surface area contributed by atoms with Crippen molar-refractivity contribution in [3.63, 3.8) is 0 Å². The van der Waals surface area contributed by atoms with Gasteiger partial charge in [0.2, 0.25) is 11.8 Å². The highest BCUT2D eigenvalue weighted by atomic mass is 32.2. The molecule has 1 aromatic carbocycles. The number of hydrogen-bond donors (Lipinski definition) is 2. The Morgan fingerprint density at radius 2 is 1.93 bits per heavy atom. The Labute approximate surface area is 183 Å². The minimum absolute atomic E-state index is 0.0327. The normalized spacial score (nSPS) is 11.8. The third-order valence-corrected chi connectivity index (χ3v) is 6.85. The van der Waals surface area contributed by atoms with E-state index in [9.17, 15) is 9.59 Å². The molecule has 0 fully saturated rings. The molecule has 0 aliphatic rings. The highest BCUT2D eigenvalue weighted by Crippen LogP contribution is 2.30. The largest absolute Gasteiger partial charge is 0.326 e. The lowest BCUT2D eigenvalue weighted by molar-refractivity contribution is -0.116. The van der Waals surface area contributed by atoms with Crippen LogP contribution in [0.4, 0.5) is 10.8 Å². The van der Waals surface area contributed by atoms with Crippen molar-refractivity contribution in [1.82, 2.24) is 4.98 Å². The lowest BCUT2D eigenvalue weighted by Crippen LogP contribution is -2.22. The Kier molecular flexibility index (Phi) is 7.85. The summed E-state index contributed by atoms with van der Waals surface area (Å²) in [6.45, 7) is 3.93. The number of carbonyl (C=O) groups excluding carboxylic acids is 2. The summed E-state index contributed by atoms with van der Waals surface area (Å²) in [6.07, 6.45) is 2.43. The number of carbonyl (C=O) groups is 2. The van der Waals surface area contributed by atoms with Crippen LogP contribution >= 0.6 is 34.4 Å². The van der Waals surface area contributed by atoms with Gasteiger partial charge in [0.1, 0.15) is 0 Å². The first-order valence-corrected chi connectivity index (χ1v) is 12.1. The molecule has 29 heavy (non-hydrogen) atoms. The first-order valence-electron chi connectivity index (χ1n) is 9.42. The molecular formula is C21H23N3O2S3. The molecule has 0 spiro atoms. The number of unbranched alkanes of at least 4 members (excludes halogenated alkanes) is 1. The molecule has 0 saturated heterocycles. The molecule has 152 valence electrons.